The van der Waals surface area contributed by atoms with Crippen molar-refractivity contribution in [2.75, 3.05) is 0 Å². The summed E-state index contributed by atoms with van der Waals surface area (Å²) in [4.78, 5) is 12.4. The van der Waals surface area contributed by atoms with Gasteiger partial charge in [-0.05, 0) is 52.7 Å². The molecule has 1 atom stereocenters. The Morgan fingerprint density at radius 3 is 2.79 bits per heavy atom. The third-order valence-electron chi connectivity index (χ3n) is 4.25. The van der Waals surface area contributed by atoms with Gasteiger partial charge in [-0.25, -0.2) is 0 Å². The van der Waals surface area contributed by atoms with E-state index >= 15 is 0 Å². The van der Waals surface area contributed by atoms with Crippen LogP contribution in [0.25, 0.3) is 0 Å². The fourth-order valence-electron chi connectivity index (χ4n) is 2.82. The Morgan fingerprint density at radius 1 is 1.37 bits per heavy atom. The second kappa shape index (κ2) is 5.66. The lowest BCUT2D eigenvalue weighted by atomic mass is 9.73. The third kappa shape index (κ3) is 3.19. The summed E-state index contributed by atoms with van der Waals surface area (Å²) in [6.07, 6.45) is 4.76. The number of carbonyl (C=O) groups excluding carboxylic acids is 1. The first-order chi connectivity index (χ1) is 8.92. The zero-order valence-corrected chi connectivity index (χ0v) is 13.5. The van der Waals surface area contributed by atoms with Gasteiger partial charge in [-0.1, -0.05) is 38.8 Å². The zero-order valence-electron chi connectivity index (χ0n) is 11.9. The highest BCUT2D eigenvalue weighted by molar-refractivity contribution is 9.10. The number of carbonyl (C=O) groups is 1. The summed E-state index contributed by atoms with van der Waals surface area (Å²) in [5.41, 5.74) is 2.03. The topological polar surface area (TPSA) is 29.1 Å². The molecule has 1 unspecified atom stereocenters. The van der Waals surface area contributed by atoms with E-state index in [0.717, 1.165) is 22.0 Å². The zero-order chi connectivity index (χ0) is 14.0. The van der Waals surface area contributed by atoms with Crippen LogP contribution in [0, 0.1) is 12.3 Å². The number of nitrogens with one attached hydrogen (secondary N) is 1. The van der Waals surface area contributed by atoms with E-state index in [9.17, 15) is 4.79 Å². The summed E-state index contributed by atoms with van der Waals surface area (Å²) in [5, 5.41) is 3.22. The van der Waals surface area contributed by atoms with Gasteiger partial charge in [-0.2, -0.15) is 0 Å². The number of benzene rings is 1. The first kappa shape index (κ1) is 14.6. The minimum atomic E-state index is 0.0375. The van der Waals surface area contributed by atoms with Gasteiger partial charge in [0.25, 0.3) is 5.91 Å². The monoisotopic (exact) mass is 323 g/mol. The maximum atomic E-state index is 12.4. The third-order valence-corrected chi connectivity index (χ3v) is 5.30. The number of rotatable bonds is 2. The van der Waals surface area contributed by atoms with Crippen molar-refractivity contribution >= 4 is 21.8 Å². The van der Waals surface area contributed by atoms with Crippen molar-refractivity contribution in [1.82, 2.24) is 5.32 Å². The molecular weight excluding hydrogens is 302 g/mol. The SMILES string of the molecule is Cc1cccc(C(=O)NC2CCCCC2(C)C)c1Br. The molecule has 3 heteroatoms. The fourth-order valence-corrected chi connectivity index (χ4v) is 3.26. The average Bonchev–Trinajstić information content (AvgIpc) is 2.35. The number of aryl methyl sites for hydroxylation is 1. The molecule has 19 heavy (non-hydrogen) atoms. The van der Waals surface area contributed by atoms with Gasteiger partial charge >= 0.3 is 0 Å². The second-order valence-corrected chi connectivity index (χ2v) is 6.99. The molecule has 0 bridgehead atoms. The van der Waals surface area contributed by atoms with Crippen LogP contribution in [0.2, 0.25) is 0 Å². The predicted molar refractivity (Wildman–Crippen MR) is 82.4 cm³/mol. The van der Waals surface area contributed by atoms with Crippen molar-refractivity contribution in [1.29, 1.82) is 0 Å². The van der Waals surface area contributed by atoms with Gasteiger partial charge in [-0.3, -0.25) is 4.79 Å². The molecule has 1 aromatic carbocycles. The average molecular weight is 324 g/mol. The highest BCUT2D eigenvalue weighted by Gasteiger charge is 2.33. The first-order valence-corrected chi connectivity index (χ1v) is 7.77. The quantitative estimate of drug-likeness (QED) is 0.855. The van der Waals surface area contributed by atoms with E-state index in [1.54, 1.807) is 0 Å². The van der Waals surface area contributed by atoms with E-state index in [-0.39, 0.29) is 17.4 Å². The molecule has 0 aliphatic heterocycles. The molecule has 0 spiro atoms. The Morgan fingerprint density at radius 2 is 2.11 bits per heavy atom. The summed E-state index contributed by atoms with van der Waals surface area (Å²) in [6, 6.07) is 6.09. The molecule has 2 rings (SSSR count). The highest BCUT2D eigenvalue weighted by atomic mass is 79.9. The van der Waals surface area contributed by atoms with Crippen LogP contribution in [0.1, 0.15) is 55.5 Å². The van der Waals surface area contributed by atoms with Crippen LogP contribution in [0.3, 0.4) is 0 Å². The molecule has 1 aliphatic carbocycles. The minimum Gasteiger partial charge on any atom is -0.349 e. The molecule has 1 N–H and O–H groups in total. The lowest BCUT2D eigenvalue weighted by Crippen LogP contribution is -2.46. The van der Waals surface area contributed by atoms with Crippen molar-refractivity contribution < 1.29 is 4.79 Å². The maximum absolute atomic E-state index is 12.4. The van der Waals surface area contributed by atoms with Gasteiger partial charge in [0.15, 0.2) is 0 Å². The van der Waals surface area contributed by atoms with E-state index in [1.165, 1.54) is 19.3 Å². The first-order valence-electron chi connectivity index (χ1n) is 6.98. The second-order valence-electron chi connectivity index (χ2n) is 6.20. The normalized spacial score (nSPS) is 22.0. The lowest BCUT2D eigenvalue weighted by molar-refractivity contribution is 0.0852. The van der Waals surface area contributed by atoms with E-state index in [4.69, 9.17) is 0 Å². The van der Waals surface area contributed by atoms with Crippen LogP contribution >= 0.6 is 15.9 Å². The molecule has 0 radical (unpaired) electrons. The number of hydrogen-bond acceptors (Lipinski definition) is 1. The van der Waals surface area contributed by atoms with Crippen LogP contribution in [-0.4, -0.2) is 11.9 Å². The Labute approximate surface area is 124 Å². The van der Waals surface area contributed by atoms with Crippen LogP contribution in [-0.2, 0) is 0 Å². The lowest BCUT2D eigenvalue weighted by Gasteiger charge is -2.39. The van der Waals surface area contributed by atoms with Gasteiger partial charge in [0, 0.05) is 10.5 Å². The van der Waals surface area contributed by atoms with Crippen molar-refractivity contribution in [3.63, 3.8) is 0 Å². The molecule has 1 saturated carbocycles. The standard InChI is InChI=1S/C16H22BrNO/c1-11-7-6-8-12(14(11)17)15(19)18-13-9-4-5-10-16(13,2)3/h6-8,13H,4-5,9-10H2,1-3H3,(H,18,19). The molecule has 0 saturated heterocycles. The summed E-state index contributed by atoms with van der Waals surface area (Å²) in [5.74, 6) is 0.0375. The molecule has 0 heterocycles. The molecule has 1 aliphatic rings. The highest BCUT2D eigenvalue weighted by Crippen LogP contribution is 2.35. The fraction of sp³-hybridized carbons (Fsp3) is 0.562. The predicted octanol–water partition coefficient (Wildman–Crippen LogP) is 4.46. The Balaban J connectivity index is 2.15. The summed E-state index contributed by atoms with van der Waals surface area (Å²) in [7, 11) is 0. The van der Waals surface area contributed by atoms with Gasteiger partial charge < -0.3 is 5.32 Å². The van der Waals surface area contributed by atoms with Crippen LogP contribution in [0.5, 0.6) is 0 Å². The Bertz CT molecular complexity index is 482. The van der Waals surface area contributed by atoms with Gasteiger partial charge in [0.1, 0.15) is 0 Å². The van der Waals surface area contributed by atoms with Gasteiger partial charge in [0.05, 0.1) is 5.56 Å². The smallest absolute Gasteiger partial charge is 0.252 e. The van der Waals surface area contributed by atoms with Crippen molar-refractivity contribution in [2.45, 2.75) is 52.5 Å². The van der Waals surface area contributed by atoms with Crippen molar-refractivity contribution in [3.05, 3.63) is 33.8 Å². The van der Waals surface area contributed by atoms with Gasteiger partial charge in [0.2, 0.25) is 0 Å². The maximum Gasteiger partial charge on any atom is 0.252 e. The van der Waals surface area contributed by atoms with E-state index in [2.05, 4.69) is 35.1 Å². The largest absolute Gasteiger partial charge is 0.349 e. The molecule has 1 aromatic rings. The molecule has 1 fully saturated rings. The van der Waals surface area contributed by atoms with Gasteiger partial charge in [-0.15, -0.1) is 0 Å². The van der Waals surface area contributed by atoms with Crippen molar-refractivity contribution in [2.24, 2.45) is 5.41 Å². The minimum absolute atomic E-state index is 0.0375. The van der Waals surface area contributed by atoms with E-state index in [0.29, 0.717) is 0 Å². The number of halogens is 1. The molecule has 2 nitrogen and oxygen atoms in total. The van der Waals surface area contributed by atoms with E-state index in [1.807, 2.05) is 25.1 Å². The summed E-state index contributed by atoms with van der Waals surface area (Å²) in [6.45, 7) is 6.51. The van der Waals surface area contributed by atoms with Crippen molar-refractivity contribution in [3.8, 4) is 0 Å². The summed E-state index contributed by atoms with van der Waals surface area (Å²) >= 11 is 3.51. The van der Waals surface area contributed by atoms with Crippen LogP contribution in [0.15, 0.2) is 22.7 Å². The number of amides is 1. The Kier molecular flexibility index (Phi) is 4.34. The summed E-state index contributed by atoms with van der Waals surface area (Å²) < 4.78 is 0.904. The van der Waals surface area contributed by atoms with E-state index < -0.39 is 0 Å². The van der Waals surface area contributed by atoms with Crippen LogP contribution < -0.4 is 5.32 Å². The molecule has 104 valence electrons. The van der Waals surface area contributed by atoms with Crippen LogP contribution in [0.4, 0.5) is 0 Å². The molecule has 1 amide bonds. The molecule has 0 aromatic heterocycles. The molecular formula is C16H22BrNO. The number of hydrogen-bond donors (Lipinski definition) is 1. The Hall–Kier alpha value is -0.830.